The van der Waals surface area contributed by atoms with Crippen LogP contribution in [0.2, 0.25) is 0 Å². The summed E-state index contributed by atoms with van der Waals surface area (Å²) in [5.74, 6) is 1.33. The number of hydrogen-bond donors (Lipinski definition) is 0. The van der Waals surface area contributed by atoms with Crippen LogP contribution in [-0.2, 0) is 13.1 Å². The van der Waals surface area contributed by atoms with E-state index >= 15 is 0 Å². The molecule has 156 valence electrons. The van der Waals surface area contributed by atoms with Gasteiger partial charge in [0.25, 0.3) is 0 Å². The summed E-state index contributed by atoms with van der Waals surface area (Å²) in [5.41, 5.74) is 3.62. The van der Waals surface area contributed by atoms with E-state index in [9.17, 15) is 13.2 Å². The molecule has 0 amide bonds. The minimum absolute atomic E-state index is 0.242. The summed E-state index contributed by atoms with van der Waals surface area (Å²) >= 11 is 0. The van der Waals surface area contributed by atoms with Crippen LogP contribution < -0.4 is 9.47 Å². The van der Waals surface area contributed by atoms with Crippen LogP contribution >= 0.6 is 0 Å². The Morgan fingerprint density at radius 2 is 1.83 bits per heavy atom. The van der Waals surface area contributed by atoms with Crippen molar-refractivity contribution >= 4 is 0 Å². The van der Waals surface area contributed by atoms with Crippen molar-refractivity contribution < 1.29 is 22.6 Å². The number of hydrogen-bond acceptors (Lipinski definition) is 5. The number of fused-ring (bicyclic) bond motifs is 1. The number of halogens is 3. The lowest BCUT2D eigenvalue weighted by Gasteiger charge is -2.18. The molecule has 1 aromatic heterocycles. The molecule has 0 unspecified atom stereocenters. The fourth-order valence-corrected chi connectivity index (χ4v) is 3.39. The number of aryl methyl sites for hydroxylation is 1. The number of alkyl halides is 3. The highest BCUT2D eigenvalue weighted by atomic mass is 19.4. The first-order chi connectivity index (χ1) is 14.4. The van der Waals surface area contributed by atoms with E-state index in [2.05, 4.69) is 19.6 Å². The largest absolute Gasteiger partial charge is 0.573 e. The first-order valence-corrected chi connectivity index (χ1v) is 9.48. The molecule has 0 saturated heterocycles. The number of ether oxygens (including phenoxy) is 2. The van der Waals surface area contributed by atoms with Gasteiger partial charge in [0.2, 0.25) is 0 Å². The van der Waals surface area contributed by atoms with E-state index in [1.54, 1.807) is 18.3 Å². The van der Waals surface area contributed by atoms with Gasteiger partial charge in [0.1, 0.15) is 23.9 Å². The molecule has 2 aromatic carbocycles. The van der Waals surface area contributed by atoms with Crippen LogP contribution in [-0.4, -0.2) is 34.4 Å². The normalized spacial score (nSPS) is 14.5. The summed E-state index contributed by atoms with van der Waals surface area (Å²) in [5, 5.41) is 0. The van der Waals surface area contributed by atoms with E-state index in [0.717, 1.165) is 40.5 Å². The zero-order valence-electron chi connectivity index (χ0n) is 16.3. The molecule has 2 heterocycles. The Morgan fingerprint density at radius 1 is 1.07 bits per heavy atom. The first-order valence-electron chi connectivity index (χ1n) is 9.48. The van der Waals surface area contributed by atoms with Gasteiger partial charge in [-0.25, -0.2) is 9.97 Å². The molecule has 0 fully saturated rings. The van der Waals surface area contributed by atoms with Crippen LogP contribution in [0.1, 0.15) is 17.1 Å². The highest BCUT2D eigenvalue weighted by Gasteiger charge is 2.31. The van der Waals surface area contributed by atoms with Crippen molar-refractivity contribution in [2.24, 2.45) is 0 Å². The minimum atomic E-state index is -4.70. The second kappa shape index (κ2) is 8.31. The number of benzene rings is 2. The van der Waals surface area contributed by atoms with Crippen molar-refractivity contribution in [2.45, 2.75) is 26.4 Å². The van der Waals surface area contributed by atoms with Crippen molar-refractivity contribution in [3.8, 4) is 22.6 Å². The molecule has 5 nitrogen and oxygen atoms in total. The SMILES string of the molecule is Cc1ccnc(CN2CCOc3ccc(-c4ccc(OC(F)(F)F)cc4)cc3C2)n1. The maximum absolute atomic E-state index is 12.4. The van der Waals surface area contributed by atoms with Crippen LogP contribution in [0.5, 0.6) is 11.5 Å². The van der Waals surface area contributed by atoms with Gasteiger partial charge in [-0.05, 0) is 48.4 Å². The summed E-state index contributed by atoms with van der Waals surface area (Å²) in [4.78, 5) is 11.0. The fourth-order valence-electron chi connectivity index (χ4n) is 3.39. The Labute approximate surface area is 172 Å². The van der Waals surface area contributed by atoms with E-state index in [4.69, 9.17) is 4.74 Å². The molecular weight excluding hydrogens is 395 g/mol. The predicted molar refractivity (Wildman–Crippen MR) is 105 cm³/mol. The van der Waals surface area contributed by atoms with Gasteiger partial charge < -0.3 is 9.47 Å². The van der Waals surface area contributed by atoms with Gasteiger partial charge in [-0.15, -0.1) is 13.2 Å². The van der Waals surface area contributed by atoms with Crippen molar-refractivity contribution in [1.29, 1.82) is 0 Å². The summed E-state index contributed by atoms with van der Waals surface area (Å²) in [6.45, 7) is 4.50. The standard InChI is InChI=1S/C22H20F3N3O2/c1-15-8-9-26-21(27-15)14-28-10-11-29-20-7-4-17(12-18(20)13-28)16-2-5-19(6-3-16)30-22(23,24)25/h2-9,12H,10-11,13-14H2,1H3. The molecular formula is C22H20F3N3O2. The average Bonchev–Trinajstić information content (AvgIpc) is 2.88. The molecule has 0 aliphatic carbocycles. The van der Waals surface area contributed by atoms with E-state index in [-0.39, 0.29) is 5.75 Å². The smallest absolute Gasteiger partial charge is 0.492 e. The highest BCUT2D eigenvalue weighted by Crippen LogP contribution is 2.31. The van der Waals surface area contributed by atoms with Crippen LogP contribution in [0.15, 0.2) is 54.7 Å². The summed E-state index contributed by atoms with van der Waals surface area (Å²) in [6.07, 6.45) is -2.95. The molecule has 4 rings (SSSR count). The van der Waals surface area contributed by atoms with Gasteiger partial charge >= 0.3 is 6.36 Å². The lowest BCUT2D eigenvalue weighted by molar-refractivity contribution is -0.274. The Morgan fingerprint density at radius 3 is 2.57 bits per heavy atom. The van der Waals surface area contributed by atoms with Crippen LogP contribution in [0, 0.1) is 6.92 Å². The lowest BCUT2D eigenvalue weighted by atomic mass is 10.0. The highest BCUT2D eigenvalue weighted by molar-refractivity contribution is 5.66. The van der Waals surface area contributed by atoms with E-state index in [0.29, 0.717) is 19.7 Å². The molecule has 1 aliphatic rings. The zero-order chi connectivity index (χ0) is 21.1. The van der Waals surface area contributed by atoms with E-state index in [1.165, 1.54) is 12.1 Å². The molecule has 0 radical (unpaired) electrons. The van der Waals surface area contributed by atoms with Gasteiger partial charge in [0.05, 0.1) is 6.54 Å². The average molecular weight is 415 g/mol. The molecule has 0 bridgehead atoms. The third-order valence-electron chi connectivity index (χ3n) is 4.75. The van der Waals surface area contributed by atoms with E-state index < -0.39 is 6.36 Å². The lowest BCUT2D eigenvalue weighted by Crippen LogP contribution is -2.26. The first kappa shape index (κ1) is 20.2. The summed E-state index contributed by atoms with van der Waals surface area (Å²) < 4.78 is 46.9. The van der Waals surface area contributed by atoms with Crippen molar-refractivity contribution in [1.82, 2.24) is 14.9 Å². The maximum Gasteiger partial charge on any atom is 0.573 e. The summed E-state index contributed by atoms with van der Waals surface area (Å²) in [7, 11) is 0. The fraction of sp³-hybridized carbons (Fsp3) is 0.273. The second-order valence-corrected chi connectivity index (χ2v) is 7.07. The Bertz CT molecular complexity index is 1020. The van der Waals surface area contributed by atoms with Crippen molar-refractivity contribution in [3.63, 3.8) is 0 Å². The molecule has 1 aliphatic heterocycles. The molecule has 8 heteroatoms. The Kier molecular flexibility index (Phi) is 5.59. The van der Waals surface area contributed by atoms with Crippen LogP contribution in [0.3, 0.4) is 0 Å². The molecule has 30 heavy (non-hydrogen) atoms. The third-order valence-corrected chi connectivity index (χ3v) is 4.75. The van der Waals surface area contributed by atoms with E-state index in [1.807, 2.05) is 31.2 Å². The number of rotatable bonds is 4. The molecule has 0 saturated carbocycles. The predicted octanol–water partition coefficient (Wildman–Crippen LogP) is 4.75. The minimum Gasteiger partial charge on any atom is -0.492 e. The van der Waals surface area contributed by atoms with Gasteiger partial charge in [-0.3, -0.25) is 4.90 Å². The summed E-state index contributed by atoms with van der Waals surface area (Å²) in [6, 6.07) is 13.5. The Balaban J connectivity index is 1.53. The quantitative estimate of drug-likeness (QED) is 0.616. The molecule has 3 aromatic rings. The van der Waals surface area contributed by atoms with Crippen LogP contribution in [0.4, 0.5) is 13.2 Å². The number of aromatic nitrogens is 2. The van der Waals surface area contributed by atoms with Crippen molar-refractivity contribution in [2.75, 3.05) is 13.2 Å². The monoisotopic (exact) mass is 415 g/mol. The third kappa shape index (κ3) is 5.07. The van der Waals surface area contributed by atoms with Crippen LogP contribution in [0.25, 0.3) is 11.1 Å². The topological polar surface area (TPSA) is 47.5 Å². The number of nitrogens with zero attached hydrogens (tertiary/aromatic N) is 3. The molecule has 0 N–H and O–H groups in total. The van der Waals surface area contributed by atoms with Gasteiger partial charge in [0, 0.05) is 30.5 Å². The second-order valence-electron chi connectivity index (χ2n) is 7.07. The van der Waals surface area contributed by atoms with Crippen molar-refractivity contribution in [3.05, 3.63) is 71.8 Å². The van der Waals surface area contributed by atoms with Gasteiger partial charge in [0.15, 0.2) is 0 Å². The van der Waals surface area contributed by atoms with Gasteiger partial charge in [-0.2, -0.15) is 0 Å². The Hall–Kier alpha value is -3.13. The maximum atomic E-state index is 12.4. The molecule has 0 atom stereocenters. The van der Waals surface area contributed by atoms with Gasteiger partial charge in [-0.1, -0.05) is 18.2 Å². The zero-order valence-corrected chi connectivity index (χ0v) is 16.3. The molecule has 0 spiro atoms.